The predicted octanol–water partition coefficient (Wildman–Crippen LogP) is 2.13. The van der Waals surface area contributed by atoms with Gasteiger partial charge in [-0.15, -0.1) is 0 Å². The van der Waals surface area contributed by atoms with E-state index < -0.39 is 0 Å². The zero-order valence-electron chi connectivity index (χ0n) is 8.53. The van der Waals surface area contributed by atoms with Gasteiger partial charge in [-0.1, -0.05) is 6.07 Å². The van der Waals surface area contributed by atoms with Gasteiger partial charge in [0.1, 0.15) is 6.29 Å². The lowest BCUT2D eigenvalue weighted by molar-refractivity contribution is -0.107. The van der Waals surface area contributed by atoms with Crippen LogP contribution in [0.2, 0.25) is 0 Å². The first-order chi connectivity index (χ1) is 7.33. The normalized spacial score (nSPS) is 10.2. The smallest absolute Gasteiger partial charge is 0.124 e. The second kappa shape index (κ2) is 4.09. The Labute approximate surface area is 88.2 Å². The van der Waals surface area contributed by atoms with Crippen LogP contribution in [0, 0.1) is 6.92 Å². The molecule has 0 bridgehead atoms. The first kappa shape index (κ1) is 9.65. The van der Waals surface area contributed by atoms with Crippen LogP contribution in [-0.2, 0) is 11.2 Å². The van der Waals surface area contributed by atoms with Crippen LogP contribution < -0.4 is 0 Å². The molecule has 2 heterocycles. The van der Waals surface area contributed by atoms with Crippen LogP contribution in [0.25, 0.3) is 11.1 Å². The van der Waals surface area contributed by atoms with Gasteiger partial charge in [-0.2, -0.15) is 0 Å². The molecule has 0 saturated carbocycles. The molecule has 0 radical (unpaired) electrons. The molecule has 1 N–H and O–H groups in total. The van der Waals surface area contributed by atoms with Crippen molar-refractivity contribution in [2.75, 3.05) is 0 Å². The van der Waals surface area contributed by atoms with Gasteiger partial charge < -0.3 is 9.78 Å². The van der Waals surface area contributed by atoms with Crippen LogP contribution in [0.1, 0.15) is 11.3 Å². The van der Waals surface area contributed by atoms with E-state index in [0.29, 0.717) is 6.42 Å². The second-order valence-electron chi connectivity index (χ2n) is 3.42. The van der Waals surface area contributed by atoms with Crippen molar-refractivity contribution >= 4 is 6.29 Å². The summed E-state index contributed by atoms with van der Waals surface area (Å²) in [5, 5.41) is 0. The molecule has 0 aliphatic heterocycles. The predicted molar refractivity (Wildman–Crippen MR) is 58.5 cm³/mol. The number of nitrogens with zero attached hydrogens (tertiary/aromatic N) is 1. The summed E-state index contributed by atoms with van der Waals surface area (Å²) >= 11 is 0. The summed E-state index contributed by atoms with van der Waals surface area (Å²) in [5.74, 6) is 0. The molecule has 15 heavy (non-hydrogen) atoms. The number of hydrogen-bond acceptors (Lipinski definition) is 2. The van der Waals surface area contributed by atoms with Gasteiger partial charge in [0.2, 0.25) is 0 Å². The lowest BCUT2D eigenvalue weighted by Gasteiger charge is -2.01. The summed E-state index contributed by atoms with van der Waals surface area (Å²) in [6.45, 7) is 1.97. The number of hydrogen-bond donors (Lipinski definition) is 1. The average Bonchev–Trinajstić information content (AvgIpc) is 2.63. The lowest BCUT2D eigenvalue weighted by atomic mass is 10.0. The van der Waals surface area contributed by atoms with Gasteiger partial charge in [-0.3, -0.25) is 4.98 Å². The monoisotopic (exact) mass is 200 g/mol. The highest BCUT2D eigenvalue weighted by Crippen LogP contribution is 2.25. The van der Waals surface area contributed by atoms with Crippen LogP contribution in [-0.4, -0.2) is 16.3 Å². The number of nitrogens with one attached hydrogen (secondary N) is 1. The van der Waals surface area contributed by atoms with Crippen molar-refractivity contribution in [1.29, 1.82) is 0 Å². The molecular formula is C12H12N2O. The second-order valence-corrected chi connectivity index (χ2v) is 3.42. The number of aryl methyl sites for hydroxylation is 1. The molecule has 0 aliphatic carbocycles. The van der Waals surface area contributed by atoms with Crippen molar-refractivity contribution in [3.8, 4) is 11.1 Å². The van der Waals surface area contributed by atoms with E-state index in [-0.39, 0.29) is 0 Å². The minimum atomic E-state index is 0.444. The van der Waals surface area contributed by atoms with Gasteiger partial charge in [0.05, 0.1) is 0 Å². The van der Waals surface area contributed by atoms with Gasteiger partial charge in [-0.05, 0) is 18.6 Å². The van der Waals surface area contributed by atoms with Crippen molar-refractivity contribution in [3.63, 3.8) is 0 Å². The molecule has 0 aliphatic rings. The van der Waals surface area contributed by atoms with E-state index >= 15 is 0 Å². The number of rotatable bonds is 3. The maximum Gasteiger partial charge on any atom is 0.124 e. The van der Waals surface area contributed by atoms with E-state index in [1.54, 1.807) is 12.4 Å². The molecule has 0 amide bonds. The van der Waals surface area contributed by atoms with Crippen molar-refractivity contribution in [2.45, 2.75) is 13.3 Å². The number of aromatic amines is 1. The molecule has 0 saturated heterocycles. The van der Waals surface area contributed by atoms with Crippen LogP contribution in [0.3, 0.4) is 0 Å². The SMILES string of the molecule is Cc1[nH]cc(-c2cccnc2)c1CC=O. The Morgan fingerprint density at radius 3 is 3.07 bits per heavy atom. The van der Waals surface area contributed by atoms with E-state index in [2.05, 4.69) is 9.97 Å². The largest absolute Gasteiger partial charge is 0.364 e. The van der Waals surface area contributed by atoms with Crippen LogP contribution in [0.4, 0.5) is 0 Å². The molecule has 0 atom stereocenters. The molecule has 0 unspecified atom stereocenters. The third-order valence-electron chi connectivity index (χ3n) is 2.47. The number of pyridine rings is 1. The fourth-order valence-corrected chi connectivity index (χ4v) is 1.68. The van der Waals surface area contributed by atoms with Crippen LogP contribution in [0.5, 0.6) is 0 Å². The summed E-state index contributed by atoms with van der Waals surface area (Å²) in [7, 11) is 0. The first-order valence-corrected chi connectivity index (χ1v) is 4.84. The van der Waals surface area contributed by atoms with Crippen molar-refractivity contribution < 1.29 is 4.79 Å². The summed E-state index contributed by atoms with van der Waals surface area (Å²) < 4.78 is 0. The maximum atomic E-state index is 10.6. The highest BCUT2D eigenvalue weighted by atomic mass is 16.1. The van der Waals surface area contributed by atoms with E-state index in [9.17, 15) is 4.79 Å². The average molecular weight is 200 g/mol. The van der Waals surface area contributed by atoms with Crippen molar-refractivity contribution in [1.82, 2.24) is 9.97 Å². The third kappa shape index (κ3) is 1.81. The topological polar surface area (TPSA) is 45.8 Å². The van der Waals surface area contributed by atoms with E-state index in [0.717, 1.165) is 28.7 Å². The Morgan fingerprint density at radius 1 is 1.53 bits per heavy atom. The molecule has 76 valence electrons. The molecule has 2 aromatic heterocycles. The van der Waals surface area contributed by atoms with Gasteiger partial charge in [0.15, 0.2) is 0 Å². The molecule has 3 heteroatoms. The van der Waals surface area contributed by atoms with Gasteiger partial charge in [-0.25, -0.2) is 0 Å². The van der Waals surface area contributed by atoms with E-state index in [1.165, 1.54) is 0 Å². The van der Waals surface area contributed by atoms with Crippen molar-refractivity contribution in [2.24, 2.45) is 0 Å². The summed E-state index contributed by atoms with van der Waals surface area (Å²) in [6.07, 6.45) is 6.83. The Hall–Kier alpha value is -1.90. The highest BCUT2D eigenvalue weighted by Gasteiger charge is 2.09. The molecule has 0 spiro atoms. The summed E-state index contributed by atoms with van der Waals surface area (Å²) in [4.78, 5) is 17.8. The molecule has 2 aromatic rings. The molecular weight excluding hydrogens is 188 g/mol. The lowest BCUT2D eigenvalue weighted by Crippen LogP contribution is -1.90. The zero-order chi connectivity index (χ0) is 10.7. The number of carbonyl (C=O) groups is 1. The number of carbonyl (C=O) groups excluding carboxylic acids is 1. The third-order valence-corrected chi connectivity index (χ3v) is 2.47. The van der Waals surface area contributed by atoms with Crippen molar-refractivity contribution in [3.05, 3.63) is 42.0 Å². The quantitative estimate of drug-likeness (QED) is 0.771. The summed E-state index contributed by atoms with van der Waals surface area (Å²) in [5.41, 5.74) is 4.20. The van der Waals surface area contributed by atoms with E-state index in [1.807, 2.05) is 25.3 Å². The Kier molecular flexibility index (Phi) is 2.63. The Morgan fingerprint density at radius 2 is 2.40 bits per heavy atom. The van der Waals surface area contributed by atoms with Crippen LogP contribution >= 0.6 is 0 Å². The van der Waals surface area contributed by atoms with Gasteiger partial charge >= 0.3 is 0 Å². The summed E-state index contributed by atoms with van der Waals surface area (Å²) in [6, 6.07) is 3.88. The van der Waals surface area contributed by atoms with E-state index in [4.69, 9.17) is 0 Å². The standard InChI is InChI=1S/C12H12N2O/c1-9-11(4-6-15)12(8-14-9)10-3-2-5-13-7-10/h2-3,5-8,14H,4H2,1H3. The maximum absolute atomic E-state index is 10.6. The van der Waals surface area contributed by atoms with Gasteiger partial charge in [0.25, 0.3) is 0 Å². The fraction of sp³-hybridized carbons (Fsp3) is 0.167. The Balaban J connectivity index is 2.49. The fourth-order valence-electron chi connectivity index (χ4n) is 1.68. The number of aldehydes is 1. The zero-order valence-corrected chi connectivity index (χ0v) is 8.53. The highest BCUT2D eigenvalue weighted by molar-refractivity contribution is 5.71. The molecule has 0 aromatic carbocycles. The number of aromatic nitrogens is 2. The number of H-pyrrole nitrogens is 1. The molecule has 0 fully saturated rings. The molecule has 2 rings (SSSR count). The first-order valence-electron chi connectivity index (χ1n) is 4.84. The minimum absolute atomic E-state index is 0.444. The van der Waals surface area contributed by atoms with Crippen LogP contribution in [0.15, 0.2) is 30.7 Å². The van der Waals surface area contributed by atoms with Gasteiger partial charge in [0, 0.05) is 41.8 Å². The molecule has 3 nitrogen and oxygen atoms in total. The Bertz CT molecular complexity index is 460. The minimum Gasteiger partial charge on any atom is -0.364 e.